The molecule has 86 valence electrons. The normalized spacial score (nSPS) is 10.4. The van der Waals surface area contributed by atoms with E-state index < -0.39 is 14.4 Å². The second-order valence-electron chi connectivity index (χ2n) is 3.59. The van der Waals surface area contributed by atoms with Crippen LogP contribution in [0, 0.1) is 0 Å². The van der Waals surface area contributed by atoms with E-state index in [9.17, 15) is 0 Å². The second kappa shape index (κ2) is 4.77. The first-order chi connectivity index (χ1) is 8.06. The Morgan fingerprint density at radius 3 is 2.12 bits per heavy atom. The third-order valence-electron chi connectivity index (χ3n) is 2.38. The van der Waals surface area contributed by atoms with Gasteiger partial charge in [0, 0.05) is 0 Å². The van der Waals surface area contributed by atoms with Gasteiger partial charge in [0.1, 0.15) is 5.75 Å². The predicted molar refractivity (Wildman–Crippen MR) is 64.6 cm³/mol. The number of fused-ring (bicyclic) bond motifs is 1. The van der Waals surface area contributed by atoms with Gasteiger partial charge in [-0.15, -0.1) is 0 Å². The van der Waals surface area contributed by atoms with E-state index in [2.05, 4.69) is 0 Å². The Kier molecular flexibility index (Phi) is 3.35. The van der Waals surface area contributed by atoms with Gasteiger partial charge in [-0.2, -0.15) is 0 Å². The third kappa shape index (κ3) is 2.78. The minimum absolute atomic E-state index is 0.324. The molecule has 0 atom stereocenters. The maximum Gasteiger partial charge on any atom is 0.707 e. The molecule has 17 heavy (non-hydrogen) atoms. The van der Waals surface area contributed by atoms with E-state index in [-0.39, 0.29) is 0 Å². The summed E-state index contributed by atoms with van der Waals surface area (Å²) in [4.78, 5) is 0. The van der Waals surface area contributed by atoms with Crippen molar-refractivity contribution in [3.8, 4) is 5.75 Å². The SMILES string of the molecule is OB(O)Oc1ccc2cc(B(O)O)ccc2c1. The molecule has 2 aromatic rings. The van der Waals surface area contributed by atoms with Gasteiger partial charge in [-0.05, 0) is 28.4 Å². The molecule has 0 bridgehead atoms. The summed E-state index contributed by atoms with van der Waals surface area (Å²) in [6.45, 7) is 0. The lowest BCUT2D eigenvalue weighted by atomic mass is 9.79. The maximum atomic E-state index is 9.02. The van der Waals surface area contributed by atoms with Gasteiger partial charge in [0.2, 0.25) is 0 Å². The van der Waals surface area contributed by atoms with Crippen LogP contribution >= 0.6 is 0 Å². The summed E-state index contributed by atoms with van der Waals surface area (Å²) in [5, 5.41) is 37.0. The molecule has 0 fully saturated rings. The maximum absolute atomic E-state index is 9.02. The van der Waals surface area contributed by atoms with Crippen molar-refractivity contribution in [2.24, 2.45) is 0 Å². The van der Waals surface area contributed by atoms with Crippen LogP contribution in [0.5, 0.6) is 5.75 Å². The molecule has 2 rings (SSSR count). The molecule has 0 heterocycles. The molecule has 0 radical (unpaired) electrons. The van der Waals surface area contributed by atoms with E-state index >= 15 is 0 Å². The van der Waals surface area contributed by atoms with Crippen molar-refractivity contribution in [1.29, 1.82) is 0 Å². The first-order valence-corrected chi connectivity index (χ1v) is 4.99. The van der Waals surface area contributed by atoms with E-state index in [0.29, 0.717) is 11.2 Å². The Balaban J connectivity index is 2.39. The summed E-state index contributed by atoms with van der Waals surface area (Å²) in [5.74, 6) is 0.324. The molecule has 0 saturated heterocycles. The van der Waals surface area contributed by atoms with Gasteiger partial charge >= 0.3 is 14.4 Å². The standard InChI is InChI=1S/C10H10B2O5/c13-11(14)9-3-1-8-6-10(17-12(15)16)4-2-7(8)5-9/h1-6,13-16H. The van der Waals surface area contributed by atoms with E-state index in [1.807, 2.05) is 0 Å². The lowest BCUT2D eigenvalue weighted by Gasteiger charge is -2.07. The van der Waals surface area contributed by atoms with Crippen LogP contribution in [0.25, 0.3) is 10.8 Å². The molecule has 0 aliphatic rings. The first-order valence-electron chi connectivity index (χ1n) is 4.99. The summed E-state index contributed by atoms with van der Waals surface area (Å²) < 4.78 is 4.71. The zero-order valence-corrected chi connectivity index (χ0v) is 8.82. The van der Waals surface area contributed by atoms with Crippen molar-refractivity contribution in [3.05, 3.63) is 36.4 Å². The van der Waals surface area contributed by atoms with Crippen molar-refractivity contribution in [3.63, 3.8) is 0 Å². The van der Waals surface area contributed by atoms with Crippen LogP contribution in [0.4, 0.5) is 0 Å². The van der Waals surface area contributed by atoms with Crippen LogP contribution in [-0.4, -0.2) is 34.5 Å². The average Bonchev–Trinajstić information content (AvgIpc) is 2.27. The van der Waals surface area contributed by atoms with Gasteiger partial charge in [-0.25, -0.2) is 0 Å². The van der Waals surface area contributed by atoms with Crippen LogP contribution < -0.4 is 10.1 Å². The van der Waals surface area contributed by atoms with Crippen LogP contribution in [0.1, 0.15) is 0 Å². The van der Waals surface area contributed by atoms with Crippen molar-refractivity contribution in [1.82, 2.24) is 0 Å². The Morgan fingerprint density at radius 1 is 0.824 bits per heavy atom. The molecular formula is C10H10B2O5. The summed E-state index contributed by atoms with van der Waals surface area (Å²) in [6.07, 6.45) is 0. The molecule has 2 aromatic carbocycles. The largest absolute Gasteiger partial charge is 0.707 e. The summed E-state index contributed by atoms with van der Waals surface area (Å²) in [7, 11) is -3.36. The van der Waals surface area contributed by atoms with Crippen LogP contribution in [0.2, 0.25) is 0 Å². The fourth-order valence-corrected chi connectivity index (χ4v) is 1.60. The minimum atomic E-state index is -1.86. The van der Waals surface area contributed by atoms with Crippen molar-refractivity contribution >= 4 is 30.7 Å². The number of benzene rings is 2. The highest BCUT2D eigenvalue weighted by molar-refractivity contribution is 6.58. The lowest BCUT2D eigenvalue weighted by molar-refractivity contribution is 0.288. The van der Waals surface area contributed by atoms with E-state index in [4.69, 9.17) is 24.8 Å². The van der Waals surface area contributed by atoms with Crippen LogP contribution in [0.3, 0.4) is 0 Å². The summed E-state index contributed by atoms with van der Waals surface area (Å²) in [6, 6.07) is 9.79. The highest BCUT2D eigenvalue weighted by Crippen LogP contribution is 2.20. The fraction of sp³-hybridized carbons (Fsp3) is 0. The molecule has 0 aromatic heterocycles. The van der Waals surface area contributed by atoms with Crippen molar-refractivity contribution in [2.45, 2.75) is 0 Å². The van der Waals surface area contributed by atoms with Gasteiger partial charge in [0.25, 0.3) is 0 Å². The van der Waals surface area contributed by atoms with E-state index in [1.54, 1.807) is 36.4 Å². The molecule has 0 spiro atoms. The summed E-state index contributed by atoms with van der Waals surface area (Å²) >= 11 is 0. The van der Waals surface area contributed by atoms with Crippen LogP contribution in [0.15, 0.2) is 36.4 Å². The van der Waals surface area contributed by atoms with Crippen molar-refractivity contribution in [2.75, 3.05) is 0 Å². The van der Waals surface area contributed by atoms with Gasteiger partial charge in [0.15, 0.2) is 0 Å². The van der Waals surface area contributed by atoms with Crippen LogP contribution in [-0.2, 0) is 0 Å². The molecule has 0 unspecified atom stereocenters. The zero-order valence-electron chi connectivity index (χ0n) is 8.82. The number of hydrogen-bond acceptors (Lipinski definition) is 5. The number of rotatable bonds is 3. The Morgan fingerprint density at radius 2 is 1.47 bits per heavy atom. The molecule has 0 saturated carbocycles. The fourth-order valence-electron chi connectivity index (χ4n) is 1.60. The zero-order chi connectivity index (χ0) is 12.4. The highest BCUT2D eigenvalue weighted by atomic mass is 16.6. The number of hydrogen-bond donors (Lipinski definition) is 4. The molecule has 0 aliphatic carbocycles. The Bertz CT molecular complexity index is 529. The Labute approximate surface area is 98.2 Å². The second-order valence-corrected chi connectivity index (χ2v) is 3.59. The topological polar surface area (TPSA) is 90.2 Å². The molecule has 5 nitrogen and oxygen atoms in total. The van der Waals surface area contributed by atoms with E-state index in [0.717, 1.165) is 10.8 Å². The lowest BCUT2D eigenvalue weighted by Crippen LogP contribution is -2.29. The van der Waals surface area contributed by atoms with Gasteiger partial charge in [-0.3, -0.25) is 0 Å². The minimum Gasteiger partial charge on any atom is -0.512 e. The molecular weight excluding hydrogens is 222 g/mol. The highest BCUT2D eigenvalue weighted by Gasteiger charge is 2.13. The first kappa shape index (κ1) is 11.9. The molecule has 4 N–H and O–H groups in total. The quantitative estimate of drug-likeness (QED) is 0.502. The van der Waals surface area contributed by atoms with Gasteiger partial charge < -0.3 is 24.8 Å². The molecule has 0 aliphatic heterocycles. The van der Waals surface area contributed by atoms with Crippen molar-refractivity contribution < 1.29 is 24.8 Å². The Hall–Kier alpha value is -1.53. The van der Waals surface area contributed by atoms with Gasteiger partial charge in [-0.1, -0.05) is 24.3 Å². The molecule has 7 heteroatoms. The van der Waals surface area contributed by atoms with E-state index in [1.165, 1.54) is 0 Å². The third-order valence-corrected chi connectivity index (χ3v) is 2.38. The monoisotopic (exact) mass is 232 g/mol. The average molecular weight is 232 g/mol. The molecule has 0 amide bonds. The van der Waals surface area contributed by atoms with Gasteiger partial charge in [0.05, 0.1) is 0 Å². The predicted octanol–water partition coefficient (Wildman–Crippen LogP) is -1.13. The summed E-state index contributed by atoms with van der Waals surface area (Å²) in [5.41, 5.74) is 0.397. The smallest absolute Gasteiger partial charge is 0.512 e.